The second-order valence-corrected chi connectivity index (χ2v) is 6.54. The molecule has 0 spiro atoms. The largest absolute Gasteiger partial charge is 0.360 e. The third-order valence-corrected chi connectivity index (χ3v) is 4.51. The lowest BCUT2D eigenvalue weighted by atomic mass is 10.1. The van der Waals surface area contributed by atoms with Crippen molar-refractivity contribution in [3.8, 4) is 5.69 Å². The minimum atomic E-state index is -0.395. The third-order valence-electron chi connectivity index (χ3n) is 4.51. The zero-order valence-corrected chi connectivity index (χ0v) is 15.5. The molecule has 3 N–H and O–H groups in total. The standard InChI is InChI=1S/C21H19N5O2/c1-13-11-14(2)26(25-13)16-9-7-15(8-10-16)20(27)23-24-21(28)18-12-22-19-6-4-3-5-17(18)19/h3-12,22H,1-2H3,(H,23,27)(H,24,28). The summed E-state index contributed by atoms with van der Waals surface area (Å²) in [5.41, 5.74) is 9.48. The highest BCUT2D eigenvalue weighted by molar-refractivity contribution is 6.07. The maximum Gasteiger partial charge on any atom is 0.271 e. The molecule has 2 aromatic carbocycles. The van der Waals surface area contributed by atoms with Gasteiger partial charge in [-0.05, 0) is 50.2 Å². The number of hydrogen-bond donors (Lipinski definition) is 3. The number of para-hydroxylation sites is 1. The smallest absolute Gasteiger partial charge is 0.271 e. The lowest BCUT2D eigenvalue weighted by molar-refractivity contribution is 0.0847. The minimum Gasteiger partial charge on any atom is -0.360 e. The van der Waals surface area contributed by atoms with Crippen molar-refractivity contribution < 1.29 is 9.59 Å². The number of benzene rings is 2. The number of fused-ring (bicyclic) bond motifs is 1. The number of nitrogens with one attached hydrogen (secondary N) is 3. The molecule has 0 bridgehead atoms. The molecule has 140 valence electrons. The molecule has 0 fully saturated rings. The number of aryl methyl sites for hydroxylation is 2. The Morgan fingerprint density at radius 2 is 1.68 bits per heavy atom. The Morgan fingerprint density at radius 3 is 2.39 bits per heavy atom. The summed E-state index contributed by atoms with van der Waals surface area (Å²) >= 11 is 0. The monoisotopic (exact) mass is 373 g/mol. The van der Waals surface area contributed by atoms with E-state index in [-0.39, 0.29) is 5.91 Å². The Balaban J connectivity index is 1.44. The Bertz CT molecular complexity index is 1170. The quantitative estimate of drug-likeness (QED) is 0.482. The fourth-order valence-corrected chi connectivity index (χ4v) is 3.16. The number of carbonyl (C=O) groups is 2. The number of H-pyrrole nitrogens is 1. The van der Waals surface area contributed by atoms with Gasteiger partial charge in [0.05, 0.1) is 16.9 Å². The summed E-state index contributed by atoms with van der Waals surface area (Å²) in [6.07, 6.45) is 1.62. The summed E-state index contributed by atoms with van der Waals surface area (Å²) in [4.78, 5) is 27.8. The molecule has 0 aliphatic heterocycles. The summed E-state index contributed by atoms with van der Waals surface area (Å²) in [6, 6.07) is 16.5. The van der Waals surface area contributed by atoms with Crippen LogP contribution >= 0.6 is 0 Å². The average Bonchev–Trinajstić information content (AvgIpc) is 3.28. The van der Waals surface area contributed by atoms with Crippen LogP contribution in [0.15, 0.2) is 60.8 Å². The molecule has 0 saturated heterocycles. The second kappa shape index (κ2) is 7.03. The van der Waals surface area contributed by atoms with Crippen molar-refractivity contribution in [1.29, 1.82) is 0 Å². The normalized spacial score (nSPS) is 10.8. The summed E-state index contributed by atoms with van der Waals surface area (Å²) < 4.78 is 1.82. The van der Waals surface area contributed by atoms with Crippen LogP contribution in [0.1, 0.15) is 32.1 Å². The maximum absolute atomic E-state index is 12.4. The molecule has 7 heteroatoms. The van der Waals surface area contributed by atoms with Gasteiger partial charge in [-0.1, -0.05) is 18.2 Å². The molecular weight excluding hydrogens is 354 g/mol. The van der Waals surface area contributed by atoms with E-state index >= 15 is 0 Å². The maximum atomic E-state index is 12.4. The van der Waals surface area contributed by atoms with E-state index in [1.807, 2.05) is 61.0 Å². The van der Waals surface area contributed by atoms with E-state index in [0.29, 0.717) is 11.1 Å². The summed E-state index contributed by atoms with van der Waals surface area (Å²) in [5.74, 6) is -0.779. The lowest BCUT2D eigenvalue weighted by Gasteiger charge is -2.08. The van der Waals surface area contributed by atoms with Crippen molar-refractivity contribution >= 4 is 22.7 Å². The van der Waals surface area contributed by atoms with Crippen molar-refractivity contribution in [2.24, 2.45) is 0 Å². The predicted octanol–water partition coefficient (Wildman–Crippen LogP) is 3.05. The van der Waals surface area contributed by atoms with Crippen LogP contribution in [0.25, 0.3) is 16.6 Å². The Hall–Kier alpha value is -3.87. The Labute approximate surface area is 161 Å². The molecule has 2 heterocycles. The zero-order chi connectivity index (χ0) is 19.7. The first-order valence-corrected chi connectivity index (χ1v) is 8.83. The SMILES string of the molecule is Cc1cc(C)n(-c2ccc(C(=O)NNC(=O)c3c[nH]c4ccccc34)cc2)n1. The number of hydrogen-bond acceptors (Lipinski definition) is 3. The molecule has 0 unspecified atom stereocenters. The van der Waals surface area contributed by atoms with Crippen molar-refractivity contribution in [3.05, 3.63) is 83.3 Å². The Kier molecular flexibility index (Phi) is 4.41. The molecule has 0 aliphatic rings. The van der Waals surface area contributed by atoms with Gasteiger partial charge in [-0.15, -0.1) is 0 Å². The first-order chi connectivity index (χ1) is 13.5. The zero-order valence-electron chi connectivity index (χ0n) is 15.5. The van der Waals surface area contributed by atoms with Crippen LogP contribution in [0, 0.1) is 13.8 Å². The molecule has 28 heavy (non-hydrogen) atoms. The van der Waals surface area contributed by atoms with Gasteiger partial charge in [0, 0.05) is 28.4 Å². The van der Waals surface area contributed by atoms with Gasteiger partial charge in [0.25, 0.3) is 11.8 Å². The summed E-state index contributed by atoms with van der Waals surface area (Å²) in [5, 5.41) is 5.22. The van der Waals surface area contributed by atoms with E-state index in [2.05, 4.69) is 20.9 Å². The van der Waals surface area contributed by atoms with Crippen molar-refractivity contribution in [3.63, 3.8) is 0 Å². The average molecular weight is 373 g/mol. The molecule has 4 aromatic rings. The fraction of sp³-hybridized carbons (Fsp3) is 0.0952. The Morgan fingerprint density at radius 1 is 0.964 bits per heavy atom. The molecule has 7 nitrogen and oxygen atoms in total. The van der Waals surface area contributed by atoms with Gasteiger partial charge in [-0.25, -0.2) is 4.68 Å². The van der Waals surface area contributed by atoms with Gasteiger partial charge < -0.3 is 4.98 Å². The van der Waals surface area contributed by atoms with Gasteiger partial charge in [0.2, 0.25) is 0 Å². The molecule has 2 amide bonds. The van der Waals surface area contributed by atoms with Gasteiger partial charge in [-0.3, -0.25) is 20.4 Å². The van der Waals surface area contributed by atoms with Crippen LogP contribution in [-0.4, -0.2) is 26.6 Å². The van der Waals surface area contributed by atoms with Gasteiger partial charge in [-0.2, -0.15) is 5.10 Å². The molecule has 2 aromatic heterocycles. The van der Waals surface area contributed by atoms with Crippen LogP contribution in [0.2, 0.25) is 0 Å². The van der Waals surface area contributed by atoms with Crippen LogP contribution in [0.5, 0.6) is 0 Å². The van der Waals surface area contributed by atoms with Crippen molar-refractivity contribution in [2.45, 2.75) is 13.8 Å². The van der Waals surface area contributed by atoms with Gasteiger partial charge >= 0.3 is 0 Å². The number of aromatic amines is 1. The fourth-order valence-electron chi connectivity index (χ4n) is 3.16. The highest BCUT2D eigenvalue weighted by Crippen LogP contribution is 2.17. The highest BCUT2D eigenvalue weighted by Gasteiger charge is 2.13. The summed E-state index contributed by atoms with van der Waals surface area (Å²) in [7, 11) is 0. The third kappa shape index (κ3) is 3.25. The van der Waals surface area contributed by atoms with Crippen LogP contribution < -0.4 is 10.9 Å². The number of rotatable bonds is 3. The van der Waals surface area contributed by atoms with E-state index in [9.17, 15) is 9.59 Å². The van der Waals surface area contributed by atoms with Gasteiger partial charge in [0.15, 0.2) is 0 Å². The number of hydrazine groups is 1. The first-order valence-electron chi connectivity index (χ1n) is 8.83. The van der Waals surface area contributed by atoms with Crippen LogP contribution in [0.4, 0.5) is 0 Å². The minimum absolute atomic E-state index is 0.384. The number of nitrogens with zero attached hydrogens (tertiary/aromatic N) is 2. The number of aromatic nitrogens is 3. The number of carbonyl (C=O) groups excluding carboxylic acids is 2. The number of amides is 2. The molecule has 4 rings (SSSR count). The van der Waals surface area contributed by atoms with Crippen molar-refractivity contribution in [1.82, 2.24) is 25.6 Å². The van der Waals surface area contributed by atoms with Gasteiger partial charge in [0.1, 0.15) is 0 Å². The van der Waals surface area contributed by atoms with E-state index in [1.54, 1.807) is 18.3 Å². The van der Waals surface area contributed by atoms with E-state index in [1.165, 1.54) is 0 Å². The molecule has 0 atom stereocenters. The molecular formula is C21H19N5O2. The van der Waals surface area contributed by atoms with Crippen LogP contribution in [-0.2, 0) is 0 Å². The predicted molar refractivity (Wildman–Crippen MR) is 106 cm³/mol. The van der Waals surface area contributed by atoms with E-state index in [0.717, 1.165) is 28.0 Å². The first kappa shape index (κ1) is 17.5. The molecule has 0 saturated carbocycles. The summed E-state index contributed by atoms with van der Waals surface area (Å²) in [6.45, 7) is 3.91. The van der Waals surface area contributed by atoms with E-state index < -0.39 is 5.91 Å². The lowest BCUT2D eigenvalue weighted by Crippen LogP contribution is -2.41. The van der Waals surface area contributed by atoms with Crippen LogP contribution in [0.3, 0.4) is 0 Å². The molecule has 0 aliphatic carbocycles. The second-order valence-electron chi connectivity index (χ2n) is 6.54. The van der Waals surface area contributed by atoms with Crippen molar-refractivity contribution in [2.75, 3.05) is 0 Å². The topological polar surface area (TPSA) is 91.8 Å². The molecule has 0 radical (unpaired) electrons. The van der Waals surface area contributed by atoms with E-state index in [4.69, 9.17) is 0 Å². The highest BCUT2D eigenvalue weighted by atomic mass is 16.2.